The van der Waals surface area contributed by atoms with Gasteiger partial charge < -0.3 is 20.9 Å². The number of carbonyl (C=O) groups is 2. The van der Waals surface area contributed by atoms with Gasteiger partial charge in [0, 0.05) is 36.6 Å². The molecule has 2 heterocycles. The van der Waals surface area contributed by atoms with Gasteiger partial charge >= 0.3 is 0 Å². The number of nitrogens with zero attached hydrogens (tertiary/aromatic N) is 1. The molecule has 6 nitrogen and oxygen atoms in total. The number of benzene rings is 1. The molecule has 1 aromatic carbocycles. The lowest BCUT2D eigenvalue weighted by atomic mass is 9.99. The van der Waals surface area contributed by atoms with E-state index in [1.54, 1.807) is 0 Å². The fraction of sp³-hybridized carbons (Fsp3) is 0.455. The first-order valence-corrected chi connectivity index (χ1v) is 9.94. The molecule has 4 N–H and O–H groups in total. The maximum Gasteiger partial charge on any atom is 0.296 e. The third-order valence-electron chi connectivity index (χ3n) is 5.40. The molecule has 3 rings (SSSR count). The highest BCUT2D eigenvalue weighted by Gasteiger charge is 2.27. The first kappa shape index (κ1) is 20.7. The number of carbonyl (C=O) groups excluding carboxylic acids is 2. The Morgan fingerprint density at radius 2 is 2.17 bits per heavy atom. The number of aryl methyl sites for hydroxylation is 2. The highest BCUT2D eigenvalue weighted by Crippen LogP contribution is 2.37. The van der Waals surface area contributed by atoms with Gasteiger partial charge in [0.1, 0.15) is 5.82 Å². The van der Waals surface area contributed by atoms with E-state index in [1.165, 1.54) is 6.07 Å². The summed E-state index contributed by atoms with van der Waals surface area (Å²) in [5.41, 5.74) is 9.03. The minimum atomic E-state index is -0.503. The van der Waals surface area contributed by atoms with Crippen LogP contribution in [0.2, 0.25) is 0 Å². The van der Waals surface area contributed by atoms with E-state index in [2.05, 4.69) is 22.1 Å². The Labute approximate surface area is 170 Å². The van der Waals surface area contributed by atoms with Gasteiger partial charge in [-0.25, -0.2) is 4.39 Å². The summed E-state index contributed by atoms with van der Waals surface area (Å²) in [5.74, 6) is 4.16. The van der Waals surface area contributed by atoms with Crippen LogP contribution in [0.1, 0.15) is 43.0 Å². The zero-order valence-corrected chi connectivity index (χ0v) is 17.1. The van der Waals surface area contributed by atoms with Gasteiger partial charge in [0.15, 0.2) is 0 Å². The first-order chi connectivity index (χ1) is 13.8. The van der Waals surface area contributed by atoms with E-state index in [0.29, 0.717) is 30.8 Å². The summed E-state index contributed by atoms with van der Waals surface area (Å²) in [7, 11) is 0. The number of aromatic nitrogens is 1. The van der Waals surface area contributed by atoms with Crippen LogP contribution in [-0.2, 0) is 16.0 Å². The van der Waals surface area contributed by atoms with Crippen molar-refractivity contribution in [2.24, 2.45) is 5.73 Å². The Bertz CT molecular complexity index is 1020. The van der Waals surface area contributed by atoms with Crippen LogP contribution in [0.15, 0.2) is 6.07 Å². The Morgan fingerprint density at radius 1 is 1.41 bits per heavy atom. The molecule has 1 aromatic heterocycles. The number of primary amides is 1. The second-order valence-electron chi connectivity index (χ2n) is 7.55. The lowest BCUT2D eigenvalue weighted by Gasteiger charge is -2.35. The molecule has 1 saturated heterocycles. The first-order valence-electron chi connectivity index (χ1n) is 9.94. The number of piperidine rings is 1. The molecule has 2 amide bonds. The van der Waals surface area contributed by atoms with Crippen LogP contribution in [0.5, 0.6) is 0 Å². The second kappa shape index (κ2) is 8.56. The van der Waals surface area contributed by atoms with E-state index in [0.717, 1.165) is 35.0 Å². The normalized spacial score (nSPS) is 16.4. The van der Waals surface area contributed by atoms with Crippen LogP contribution in [0.4, 0.5) is 10.1 Å². The molecule has 2 aromatic rings. The lowest BCUT2D eigenvalue weighted by Crippen LogP contribution is -2.47. The Hall–Kier alpha value is -3.01. The van der Waals surface area contributed by atoms with Crippen LogP contribution < -0.4 is 16.0 Å². The maximum absolute atomic E-state index is 15.2. The number of hydrogen-bond donors (Lipinski definition) is 3. The molecule has 29 heavy (non-hydrogen) atoms. The van der Waals surface area contributed by atoms with Gasteiger partial charge in [0.05, 0.1) is 17.6 Å². The SMILES string of the molecule is CCC#CC(=O)N[C@H]1CCCN(c2c(F)cc(CC(N)=O)c3[nH]c(C)c(C)c23)C1. The summed E-state index contributed by atoms with van der Waals surface area (Å²) in [6, 6.07) is 1.30. The molecule has 1 aliphatic heterocycles. The van der Waals surface area contributed by atoms with Crippen molar-refractivity contribution in [2.45, 2.75) is 52.5 Å². The minimum absolute atomic E-state index is 0.0259. The molecule has 1 atom stereocenters. The van der Waals surface area contributed by atoms with Crippen molar-refractivity contribution in [3.8, 4) is 11.8 Å². The Kier molecular flexibility index (Phi) is 6.12. The molecule has 0 spiro atoms. The number of fused-ring (bicyclic) bond motifs is 1. The molecule has 1 aliphatic rings. The number of hydrogen-bond acceptors (Lipinski definition) is 3. The van der Waals surface area contributed by atoms with Crippen molar-refractivity contribution in [3.05, 3.63) is 28.7 Å². The number of aromatic amines is 1. The van der Waals surface area contributed by atoms with Crippen molar-refractivity contribution < 1.29 is 14.0 Å². The highest BCUT2D eigenvalue weighted by atomic mass is 19.1. The Balaban J connectivity index is 1.97. The van der Waals surface area contributed by atoms with Crippen molar-refractivity contribution >= 4 is 28.4 Å². The molecule has 7 heteroatoms. The molecular weight excluding hydrogens is 371 g/mol. The quantitative estimate of drug-likeness (QED) is 0.691. The lowest BCUT2D eigenvalue weighted by molar-refractivity contribution is -0.117. The van der Waals surface area contributed by atoms with Crippen LogP contribution in [0, 0.1) is 31.5 Å². The van der Waals surface area contributed by atoms with Gasteiger partial charge in [-0.3, -0.25) is 9.59 Å². The van der Waals surface area contributed by atoms with Crippen molar-refractivity contribution in [3.63, 3.8) is 0 Å². The molecule has 0 radical (unpaired) electrons. The second-order valence-corrected chi connectivity index (χ2v) is 7.55. The summed E-state index contributed by atoms with van der Waals surface area (Å²) >= 11 is 0. The van der Waals surface area contributed by atoms with Gasteiger partial charge in [-0.1, -0.05) is 12.8 Å². The van der Waals surface area contributed by atoms with Crippen LogP contribution in [0.3, 0.4) is 0 Å². The summed E-state index contributed by atoms with van der Waals surface area (Å²) in [5, 5.41) is 3.71. The van der Waals surface area contributed by atoms with E-state index in [1.807, 2.05) is 25.7 Å². The summed E-state index contributed by atoms with van der Waals surface area (Å²) in [6.45, 7) is 6.95. The van der Waals surface area contributed by atoms with Crippen LogP contribution >= 0.6 is 0 Å². The predicted molar refractivity (Wildman–Crippen MR) is 112 cm³/mol. The van der Waals surface area contributed by atoms with E-state index >= 15 is 4.39 Å². The number of rotatable bonds is 4. The van der Waals surface area contributed by atoms with E-state index < -0.39 is 5.91 Å². The van der Waals surface area contributed by atoms with E-state index in [4.69, 9.17) is 5.73 Å². The average Bonchev–Trinajstić information content (AvgIpc) is 2.95. The molecule has 0 saturated carbocycles. The van der Waals surface area contributed by atoms with Crippen molar-refractivity contribution in [1.29, 1.82) is 0 Å². The highest BCUT2D eigenvalue weighted by molar-refractivity contribution is 6.00. The van der Waals surface area contributed by atoms with Gasteiger partial charge in [-0.2, -0.15) is 0 Å². The van der Waals surface area contributed by atoms with Gasteiger partial charge in [-0.15, -0.1) is 0 Å². The molecule has 0 bridgehead atoms. The van der Waals surface area contributed by atoms with Crippen molar-refractivity contribution in [2.75, 3.05) is 18.0 Å². The molecule has 0 unspecified atom stereocenters. The minimum Gasteiger partial charge on any atom is -0.369 e. The summed E-state index contributed by atoms with van der Waals surface area (Å²) in [4.78, 5) is 28.7. The van der Waals surface area contributed by atoms with Crippen LogP contribution in [0.25, 0.3) is 10.9 Å². The number of nitrogens with two attached hydrogens (primary N) is 1. The number of halogens is 1. The fourth-order valence-electron chi connectivity index (χ4n) is 3.99. The number of amides is 2. The zero-order valence-electron chi connectivity index (χ0n) is 17.1. The monoisotopic (exact) mass is 398 g/mol. The maximum atomic E-state index is 15.2. The van der Waals surface area contributed by atoms with E-state index in [9.17, 15) is 9.59 Å². The summed E-state index contributed by atoms with van der Waals surface area (Å²) < 4.78 is 15.2. The number of nitrogens with one attached hydrogen (secondary N) is 2. The number of anilines is 1. The van der Waals surface area contributed by atoms with Crippen molar-refractivity contribution in [1.82, 2.24) is 10.3 Å². The average molecular weight is 398 g/mol. The smallest absolute Gasteiger partial charge is 0.296 e. The van der Waals surface area contributed by atoms with Crippen LogP contribution in [-0.4, -0.2) is 35.9 Å². The molecule has 154 valence electrons. The third kappa shape index (κ3) is 4.37. The third-order valence-corrected chi connectivity index (χ3v) is 5.40. The van der Waals surface area contributed by atoms with Gasteiger partial charge in [0.25, 0.3) is 5.91 Å². The largest absolute Gasteiger partial charge is 0.369 e. The molecule has 0 aliphatic carbocycles. The van der Waals surface area contributed by atoms with Gasteiger partial charge in [0.2, 0.25) is 5.91 Å². The number of H-pyrrole nitrogens is 1. The zero-order chi connectivity index (χ0) is 21.1. The topological polar surface area (TPSA) is 91.2 Å². The standard InChI is InChI=1S/C22H27FN4O2/c1-4-5-8-19(29)26-16-7-6-9-27(12-16)22-17(23)10-15(11-18(24)28)21-20(22)13(2)14(3)25-21/h10,16,25H,4,6-7,9,11-12H2,1-3H3,(H2,24,28)(H,26,29)/t16-/m0/s1. The summed E-state index contributed by atoms with van der Waals surface area (Å²) in [6.07, 6.45) is 2.25. The molecule has 1 fully saturated rings. The fourth-order valence-corrected chi connectivity index (χ4v) is 3.99. The Morgan fingerprint density at radius 3 is 2.86 bits per heavy atom. The van der Waals surface area contributed by atoms with E-state index in [-0.39, 0.29) is 24.2 Å². The van der Waals surface area contributed by atoms with Gasteiger partial charge in [-0.05, 0) is 49.8 Å². The molecular formula is C22H27FN4O2. The predicted octanol–water partition coefficient (Wildman–Crippen LogP) is 2.45.